The first-order valence-electron chi connectivity index (χ1n) is 25.4. The van der Waals surface area contributed by atoms with Gasteiger partial charge in [-0.3, -0.25) is 33.8 Å². The smallest absolute Gasteiger partial charge is 0.317 e. The molecule has 20 nitrogen and oxygen atoms in total. The van der Waals surface area contributed by atoms with E-state index in [1.807, 2.05) is 70.6 Å². The molecule has 1 aromatic carbocycles. The number of imidazole rings is 1. The maximum absolute atomic E-state index is 14.8. The van der Waals surface area contributed by atoms with Gasteiger partial charge in [-0.25, -0.2) is 13.4 Å². The van der Waals surface area contributed by atoms with Crippen molar-refractivity contribution in [2.45, 2.75) is 157 Å². The van der Waals surface area contributed by atoms with Crippen LogP contribution in [0, 0.1) is 23.7 Å². The number of hydrogen-bond donors (Lipinski definition) is 1. The van der Waals surface area contributed by atoms with E-state index in [1.165, 1.54) is 20.3 Å². The van der Waals surface area contributed by atoms with Crippen LogP contribution in [0.4, 0.5) is 0 Å². The summed E-state index contributed by atoms with van der Waals surface area (Å²) in [6, 6.07) is 9.09. The summed E-state index contributed by atoms with van der Waals surface area (Å²) in [5.74, 6) is -5.65. The van der Waals surface area contributed by atoms with Crippen LogP contribution in [0.15, 0.2) is 77.4 Å². The van der Waals surface area contributed by atoms with Gasteiger partial charge in [0.05, 0.1) is 40.4 Å². The summed E-state index contributed by atoms with van der Waals surface area (Å²) >= 11 is 1.86. The van der Waals surface area contributed by atoms with Crippen LogP contribution in [0.5, 0.6) is 0 Å². The number of pyridine rings is 1. The first-order chi connectivity index (χ1) is 35.5. The van der Waals surface area contributed by atoms with Crippen molar-refractivity contribution in [2.75, 3.05) is 27.0 Å². The number of aliphatic hydroxyl groups excluding tert-OH is 1. The van der Waals surface area contributed by atoms with Crippen molar-refractivity contribution < 1.29 is 56.4 Å². The van der Waals surface area contributed by atoms with Crippen LogP contribution in [-0.2, 0) is 78.6 Å². The molecular formula is C53H73IN8O12S. The number of carbonyl (C=O) groups is 4. The van der Waals surface area contributed by atoms with Gasteiger partial charge >= 0.3 is 5.97 Å². The summed E-state index contributed by atoms with van der Waals surface area (Å²) < 4.78 is 57.3. The number of cyclic esters (lactones) is 1. The number of ether oxygens (including phenoxy) is 5. The SMILES string of the molecule is CO[C@]1(C)C[C@@H](C)C(=O)[C@H](C)[C@@H](/N=C\CCCn2cnc(-c3cccnc3)c2)[C@](C)(OC=O)[C@@H](I)OC(=O)[C@H](C)C(=O)[C@H](C)[C@H]1O[C@@H]1O[C@H](C)C[C@H](N(C)CCc2cn(CCc3ccc(S(C)(=O)=O)cc3)nn2)[C@H]1O. The second kappa shape index (κ2) is 26.0. The fourth-order valence-electron chi connectivity index (χ4n) is 10.1. The lowest BCUT2D eigenvalue weighted by Crippen LogP contribution is -2.60. The Morgan fingerprint density at radius 3 is 2.41 bits per heavy atom. The zero-order valence-corrected chi connectivity index (χ0v) is 47.5. The van der Waals surface area contributed by atoms with Gasteiger partial charge in [-0.1, -0.05) is 38.1 Å². The van der Waals surface area contributed by atoms with Gasteiger partial charge in [0.25, 0.3) is 6.47 Å². The summed E-state index contributed by atoms with van der Waals surface area (Å²) in [7, 11) is 0.0735. The fourth-order valence-corrected chi connectivity index (χ4v) is 11.5. The molecule has 2 aliphatic rings. The number of benzene rings is 1. The van der Waals surface area contributed by atoms with Gasteiger partial charge in [0.15, 0.2) is 31.6 Å². The predicted molar refractivity (Wildman–Crippen MR) is 286 cm³/mol. The average Bonchev–Trinajstić information content (AvgIpc) is 4.07. The van der Waals surface area contributed by atoms with Crippen molar-refractivity contribution in [2.24, 2.45) is 28.7 Å². The van der Waals surface area contributed by atoms with Crippen LogP contribution in [0.1, 0.15) is 85.4 Å². The third-order valence-electron chi connectivity index (χ3n) is 14.8. The molecule has 3 aromatic heterocycles. The molecule has 5 heterocycles. The normalized spacial score (nSPS) is 30.6. The lowest BCUT2D eigenvalue weighted by atomic mass is 9.74. The largest absolute Gasteiger partial charge is 0.454 e. The number of likely N-dealkylation sites (N-methyl/N-ethyl adjacent to an activating group) is 1. The van der Waals surface area contributed by atoms with E-state index in [0.717, 1.165) is 22.5 Å². The molecule has 0 unspecified atom stereocenters. The highest BCUT2D eigenvalue weighted by molar-refractivity contribution is 14.1. The molecule has 0 saturated carbocycles. The molecule has 22 heteroatoms. The number of carbonyl (C=O) groups excluding carboxylic acids is 4. The maximum Gasteiger partial charge on any atom is 0.317 e. The quantitative estimate of drug-likeness (QED) is 0.0230. The lowest BCUT2D eigenvalue weighted by Gasteiger charge is -2.47. The van der Waals surface area contributed by atoms with Gasteiger partial charge < -0.3 is 38.3 Å². The minimum atomic E-state index is -3.29. The van der Waals surface area contributed by atoms with Crippen LogP contribution in [0.2, 0.25) is 0 Å². The molecule has 6 rings (SSSR count). The summed E-state index contributed by atoms with van der Waals surface area (Å²) in [5, 5.41) is 20.7. The highest BCUT2D eigenvalue weighted by Crippen LogP contribution is 2.40. The molecular weight excluding hydrogens is 1100 g/mol. The van der Waals surface area contributed by atoms with Gasteiger partial charge in [-0.2, -0.15) is 0 Å². The van der Waals surface area contributed by atoms with E-state index in [2.05, 4.69) is 20.3 Å². The molecule has 0 spiro atoms. The van der Waals surface area contributed by atoms with E-state index < -0.39 is 91.2 Å². The van der Waals surface area contributed by atoms with E-state index in [9.17, 15) is 32.7 Å². The second-order valence-corrected chi connectivity index (χ2v) is 23.7. The van der Waals surface area contributed by atoms with E-state index in [0.29, 0.717) is 51.7 Å². The Morgan fingerprint density at radius 2 is 1.75 bits per heavy atom. The molecule has 1 N–H and O–H groups in total. The number of hydrogen-bond acceptors (Lipinski definition) is 18. The zero-order chi connectivity index (χ0) is 54.8. The molecule has 13 atom stereocenters. The summed E-state index contributed by atoms with van der Waals surface area (Å²) in [5.41, 5.74) is 0.387. The number of alkyl halides is 1. The number of ketones is 2. The van der Waals surface area contributed by atoms with E-state index in [-0.39, 0.29) is 29.7 Å². The fraction of sp³-hybridized carbons (Fsp3) is 0.604. The van der Waals surface area contributed by atoms with Crippen LogP contribution < -0.4 is 0 Å². The standard InChI is InChI=1S/C53H73IN8O12S/c1-33-27-52(6,70-9)48(73-50-46(66)43(26-34(2)72-50)60(8)24-20-40-29-62(59-58-40)25-19-38-15-17-41(18-16-38)75(10,68)69)36(4)45(65)37(5)49(67)74-51(54)53(7,71-32-63)47(35(3)44(33)64)56-22-11-12-23-61-30-42(57-31-61)39-14-13-21-55-28-39/h13-18,21-22,28-37,43,46-48,50-51,66H,11-12,19-20,23-27H2,1-10H3/b56-22-/t33-,34-,35+,36+,37-,43+,46-,47-,48-,50+,51+,52-,53+/m1/s1. The summed E-state index contributed by atoms with van der Waals surface area (Å²) in [6.07, 6.45) is 10.7. The Bertz CT molecular complexity index is 2690. The number of unbranched alkanes of at least 4 members (excludes halogenated alkanes) is 1. The first kappa shape index (κ1) is 59.4. The number of Topliss-reactive ketones (excluding diaryl/α,β-unsaturated/α-hetero) is 2. The molecule has 0 radical (unpaired) electrons. The Balaban J connectivity index is 1.17. The van der Waals surface area contributed by atoms with E-state index in [4.69, 9.17) is 28.7 Å². The zero-order valence-electron chi connectivity index (χ0n) is 44.5. The van der Waals surface area contributed by atoms with Gasteiger partial charge in [0.1, 0.15) is 23.8 Å². The minimum absolute atomic E-state index is 0.0485. The van der Waals surface area contributed by atoms with Gasteiger partial charge in [-0.05, 0) is 125 Å². The first-order valence-corrected chi connectivity index (χ1v) is 28.5. The van der Waals surface area contributed by atoms with Gasteiger partial charge in [0.2, 0.25) is 0 Å². The number of aromatic nitrogens is 6. The van der Waals surface area contributed by atoms with E-state index >= 15 is 0 Å². The van der Waals surface area contributed by atoms with Crippen molar-refractivity contribution in [3.63, 3.8) is 0 Å². The average molecular weight is 1170 g/mol. The van der Waals surface area contributed by atoms with Crippen molar-refractivity contribution in [1.29, 1.82) is 0 Å². The molecule has 0 amide bonds. The van der Waals surface area contributed by atoms with E-state index in [1.54, 1.807) is 88.5 Å². The summed E-state index contributed by atoms with van der Waals surface area (Å²) in [4.78, 5) is 71.4. The number of nitrogens with zero attached hydrogens (tertiary/aromatic N) is 8. The summed E-state index contributed by atoms with van der Waals surface area (Å²) in [6.45, 7) is 13.6. The van der Waals surface area contributed by atoms with Crippen LogP contribution in [0.3, 0.4) is 0 Å². The Kier molecular flexibility index (Phi) is 20.6. The molecule has 410 valence electrons. The van der Waals surface area contributed by atoms with Crippen LogP contribution in [0.25, 0.3) is 11.3 Å². The molecule has 2 aliphatic heterocycles. The van der Waals surface area contributed by atoms with Gasteiger partial charge in [-0.15, -0.1) is 5.10 Å². The highest BCUT2D eigenvalue weighted by Gasteiger charge is 2.53. The molecule has 2 fully saturated rings. The van der Waals surface area contributed by atoms with Crippen molar-refractivity contribution in [1.82, 2.24) is 34.4 Å². The second-order valence-electron chi connectivity index (χ2n) is 20.6. The molecule has 0 aliphatic carbocycles. The van der Waals surface area contributed by atoms with Gasteiger partial charge in [0, 0.05) is 93.6 Å². The number of rotatable bonds is 19. The Morgan fingerprint density at radius 1 is 1.01 bits per heavy atom. The number of halogens is 1. The number of esters is 1. The Labute approximate surface area is 453 Å². The topological polar surface area (TPSA) is 246 Å². The number of sulfone groups is 1. The number of aliphatic hydroxyl groups is 1. The third kappa shape index (κ3) is 14.8. The number of methoxy groups -OCH3 is 1. The molecule has 2 saturated heterocycles. The number of aliphatic imine (C=N–C) groups is 1. The number of aryl methyl sites for hydroxylation is 3. The minimum Gasteiger partial charge on any atom is -0.454 e. The maximum atomic E-state index is 14.8. The Hall–Kier alpha value is -4.85. The highest BCUT2D eigenvalue weighted by atomic mass is 127. The van der Waals surface area contributed by atoms with Crippen LogP contribution in [-0.4, -0.2) is 157 Å². The van der Waals surface area contributed by atoms with Crippen molar-refractivity contribution >= 4 is 62.7 Å². The molecule has 4 aromatic rings. The predicted octanol–water partition coefficient (Wildman–Crippen LogP) is 5.55. The van der Waals surface area contributed by atoms with Crippen molar-refractivity contribution in [3.8, 4) is 11.3 Å². The molecule has 0 bridgehead atoms. The molecule has 75 heavy (non-hydrogen) atoms. The monoisotopic (exact) mass is 1170 g/mol. The van der Waals surface area contributed by atoms with Crippen molar-refractivity contribution in [3.05, 3.63) is 78.8 Å². The van der Waals surface area contributed by atoms with Crippen LogP contribution >= 0.6 is 22.6 Å². The lowest BCUT2D eigenvalue weighted by molar-refractivity contribution is -0.296. The third-order valence-corrected chi connectivity index (χ3v) is 17.4.